The summed E-state index contributed by atoms with van der Waals surface area (Å²) in [5.41, 5.74) is 0.944. The van der Waals surface area contributed by atoms with Crippen molar-refractivity contribution in [3.05, 3.63) is 58.6 Å². The fraction of sp³-hybridized carbons (Fsp3) is 0.188. The summed E-state index contributed by atoms with van der Waals surface area (Å²) < 4.78 is 28.3. The average Bonchev–Trinajstić information content (AvgIpc) is 2.53. The van der Waals surface area contributed by atoms with Crippen LogP contribution in [0.5, 0.6) is 5.75 Å². The zero-order valence-electron chi connectivity index (χ0n) is 13.1. The molecule has 8 heteroatoms. The summed E-state index contributed by atoms with van der Waals surface area (Å²) in [6, 6.07) is 10.9. The van der Waals surface area contributed by atoms with E-state index in [0.29, 0.717) is 5.75 Å². The molecule has 128 valence electrons. The summed E-state index contributed by atoms with van der Waals surface area (Å²) in [4.78, 5) is 12.1. The molecule has 2 aromatic carbocycles. The lowest BCUT2D eigenvalue weighted by atomic mass is 10.1. The molecule has 0 saturated heterocycles. The van der Waals surface area contributed by atoms with Gasteiger partial charge in [0.25, 0.3) is 5.91 Å². The van der Waals surface area contributed by atoms with Gasteiger partial charge >= 0.3 is 0 Å². The standard InChI is InChI=1S/C16H17ClN2O4S/c1-10(12-5-3-4-6-14(12)23-2)19-16(20)11-7-8-13(17)15(9-11)24(18,21)22/h3-10H,1-2H3,(H,19,20)(H2,18,21,22)/t10-/m0/s1. The number of primary sulfonamides is 1. The van der Waals surface area contributed by atoms with Gasteiger partial charge in [0, 0.05) is 11.1 Å². The highest BCUT2D eigenvalue weighted by Crippen LogP contribution is 2.25. The van der Waals surface area contributed by atoms with Crippen molar-refractivity contribution in [1.82, 2.24) is 5.32 Å². The number of halogens is 1. The predicted molar refractivity (Wildman–Crippen MR) is 91.7 cm³/mol. The number of rotatable bonds is 5. The summed E-state index contributed by atoms with van der Waals surface area (Å²) >= 11 is 5.82. The van der Waals surface area contributed by atoms with Gasteiger partial charge in [-0.25, -0.2) is 13.6 Å². The maximum absolute atomic E-state index is 12.4. The van der Waals surface area contributed by atoms with Crippen molar-refractivity contribution in [3.8, 4) is 5.75 Å². The molecule has 0 unspecified atom stereocenters. The van der Waals surface area contributed by atoms with Crippen LogP contribution in [0.25, 0.3) is 0 Å². The second-order valence-corrected chi connectivity index (χ2v) is 7.06. The molecular formula is C16H17ClN2O4S. The van der Waals surface area contributed by atoms with E-state index in [1.54, 1.807) is 20.1 Å². The van der Waals surface area contributed by atoms with Gasteiger partial charge in [-0.3, -0.25) is 4.79 Å². The molecule has 0 bridgehead atoms. The Morgan fingerprint density at radius 2 is 1.92 bits per heavy atom. The smallest absolute Gasteiger partial charge is 0.251 e. The normalized spacial score (nSPS) is 12.5. The first-order valence-electron chi connectivity index (χ1n) is 7.00. The van der Waals surface area contributed by atoms with Crippen molar-refractivity contribution in [2.75, 3.05) is 7.11 Å². The minimum Gasteiger partial charge on any atom is -0.496 e. The summed E-state index contributed by atoms with van der Waals surface area (Å²) in [6.45, 7) is 1.80. The van der Waals surface area contributed by atoms with Crippen molar-refractivity contribution in [2.24, 2.45) is 5.14 Å². The predicted octanol–water partition coefficient (Wildman–Crippen LogP) is 2.49. The van der Waals surface area contributed by atoms with Crippen molar-refractivity contribution < 1.29 is 17.9 Å². The first-order chi connectivity index (χ1) is 11.2. The van der Waals surface area contributed by atoms with Crippen molar-refractivity contribution in [3.63, 3.8) is 0 Å². The van der Waals surface area contributed by atoms with Crippen LogP contribution in [0.4, 0.5) is 0 Å². The molecule has 24 heavy (non-hydrogen) atoms. The fourth-order valence-electron chi connectivity index (χ4n) is 2.24. The number of para-hydroxylation sites is 1. The van der Waals surface area contributed by atoms with Gasteiger partial charge in [-0.05, 0) is 31.2 Å². The minimum atomic E-state index is -4.01. The number of benzene rings is 2. The number of ether oxygens (including phenoxy) is 1. The van der Waals surface area contributed by atoms with E-state index in [9.17, 15) is 13.2 Å². The first-order valence-corrected chi connectivity index (χ1v) is 8.92. The molecule has 6 nitrogen and oxygen atoms in total. The van der Waals surface area contributed by atoms with Crippen LogP contribution >= 0.6 is 11.6 Å². The second kappa shape index (κ2) is 7.21. The van der Waals surface area contributed by atoms with Gasteiger partial charge in [-0.15, -0.1) is 0 Å². The Kier molecular flexibility index (Phi) is 5.48. The molecule has 0 fully saturated rings. The van der Waals surface area contributed by atoms with Gasteiger partial charge in [0.1, 0.15) is 10.6 Å². The van der Waals surface area contributed by atoms with E-state index in [0.717, 1.165) is 11.6 Å². The number of methoxy groups -OCH3 is 1. The van der Waals surface area contributed by atoms with Crippen LogP contribution in [-0.2, 0) is 10.0 Å². The molecule has 0 aliphatic heterocycles. The highest BCUT2D eigenvalue weighted by Gasteiger charge is 2.19. The Balaban J connectivity index is 2.27. The van der Waals surface area contributed by atoms with Crippen LogP contribution in [0.2, 0.25) is 5.02 Å². The van der Waals surface area contributed by atoms with Gasteiger partial charge < -0.3 is 10.1 Å². The number of sulfonamides is 1. The molecule has 0 radical (unpaired) electrons. The molecule has 0 saturated carbocycles. The zero-order valence-corrected chi connectivity index (χ0v) is 14.7. The highest BCUT2D eigenvalue weighted by molar-refractivity contribution is 7.89. The van der Waals surface area contributed by atoms with Crippen LogP contribution in [0.1, 0.15) is 28.9 Å². The quantitative estimate of drug-likeness (QED) is 0.846. The maximum atomic E-state index is 12.4. The third-order valence-electron chi connectivity index (χ3n) is 3.45. The number of nitrogens with two attached hydrogens (primary N) is 1. The molecule has 2 rings (SSSR count). The van der Waals surface area contributed by atoms with E-state index in [2.05, 4.69) is 5.32 Å². The molecule has 0 aromatic heterocycles. The lowest BCUT2D eigenvalue weighted by molar-refractivity contribution is 0.0939. The summed E-state index contributed by atoms with van der Waals surface area (Å²) in [6.07, 6.45) is 0. The molecule has 0 aliphatic rings. The average molecular weight is 369 g/mol. The highest BCUT2D eigenvalue weighted by atomic mass is 35.5. The molecule has 1 amide bonds. The largest absolute Gasteiger partial charge is 0.496 e. The molecule has 3 N–H and O–H groups in total. The SMILES string of the molecule is COc1ccccc1[C@H](C)NC(=O)c1ccc(Cl)c(S(N)(=O)=O)c1. The van der Waals surface area contributed by atoms with E-state index >= 15 is 0 Å². The molecule has 0 heterocycles. The number of hydrogen-bond acceptors (Lipinski definition) is 4. The van der Waals surface area contributed by atoms with Gasteiger partial charge in [-0.2, -0.15) is 0 Å². The Labute approximate surface area is 145 Å². The number of carbonyl (C=O) groups excluding carboxylic acids is 1. The third-order valence-corrected chi connectivity index (χ3v) is 4.85. The Bertz CT molecular complexity index is 868. The van der Waals surface area contributed by atoms with Gasteiger partial charge in [-0.1, -0.05) is 29.8 Å². The minimum absolute atomic E-state index is 0.0353. The Morgan fingerprint density at radius 3 is 2.54 bits per heavy atom. The topological polar surface area (TPSA) is 98.5 Å². The van der Waals surface area contributed by atoms with Crippen molar-refractivity contribution >= 4 is 27.5 Å². The number of carbonyl (C=O) groups is 1. The van der Waals surface area contributed by atoms with E-state index in [4.69, 9.17) is 21.5 Å². The lowest BCUT2D eigenvalue weighted by Crippen LogP contribution is -2.27. The van der Waals surface area contributed by atoms with E-state index in [1.807, 2.05) is 18.2 Å². The first kappa shape index (κ1) is 18.3. The van der Waals surface area contributed by atoms with Gasteiger partial charge in [0.15, 0.2) is 0 Å². The number of amides is 1. The third kappa shape index (κ3) is 4.05. The van der Waals surface area contributed by atoms with Crippen LogP contribution in [-0.4, -0.2) is 21.4 Å². The van der Waals surface area contributed by atoms with E-state index in [-0.39, 0.29) is 21.5 Å². The Morgan fingerprint density at radius 1 is 1.25 bits per heavy atom. The molecule has 0 spiro atoms. The Hall–Kier alpha value is -2.09. The zero-order chi connectivity index (χ0) is 17.9. The number of hydrogen-bond donors (Lipinski definition) is 2. The summed E-state index contributed by atoms with van der Waals surface area (Å²) in [5, 5.41) is 7.85. The van der Waals surface area contributed by atoms with Crippen LogP contribution in [0.3, 0.4) is 0 Å². The molecule has 1 atom stereocenters. The number of nitrogens with one attached hydrogen (secondary N) is 1. The van der Waals surface area contributed by atoms with Crippen LogP contribution < -0.4 is 15.2 Å². The van der Waals surface area contributed by atoms with Gasteiger partial charge in [0.2, 0.25) is 10.0 Å². The van der Waals surface area contributed by atoms with Crippen molar-refractivity contribution in [1.29, 1.82) is 0 Å². The maximum Gasteiger partial charge on any atom is 0.251 e. The lowest BCUT2D eigenvalue weighted by Gasteiger charge is -2.17. The summed E-state index contributed by atoms with van der Waals surface area (Å²) in [7, 11) is -2.47. The molecule has 2 aromatic rings. The molecular weight excluding hydrogens is 352 g/mol. The fourth-order valence-corrected chi connectivity index (χ4v) is 3.32. The van der Waals surface area contributed by atoms with E-state index in [1.165, 1.54) is 12.1 Å². The van der Waals surface area contributed by atoms with E-state index < -0.39 is 15.9 Å². The molecule has 0 aliphatic carbocycles. The van der Waals surface area contributed by atoms with Gasteiger partial charge in [0.05, 0.1) is 18.2 Å². The van der Waals surface area contributed by atoms with Crippen LogP contribution in [0, 0.1) is 0 Å². The van der Waals surface area contributed by atoms with Crippen LogP contribution in [0.15, 0.2) is 47.4 Å². The second-order valence-electron chi connectivity index (χ2n) is 5.13. The monoisotopic (exact) mass is 368 g/mol. The van der Waals surface area contributed by atoms with Crippen molar-refractivity contribution in [2.45, 2.75) is 17.9 Å². The summed E-state index contributed by atoms with van der Waals surface area (Å²) in [5.74, 6) is 0.196.